The Labute approximate surface area is 114 Å². The van der Waals surface area contributed by atoms with Gasteiger partial charge in [-0.1, -0.05) is 17.7 Å². The molecule has 0 bridgehead atoms. The molecule has 0 aromatic heterocycles. The van der Waals surface area contributed by atoms with Gasteiger partial charge >= 0.3 is 0 Å². The molecule has 0 aliphatic rings. The van der Waals surface area contributed by atoms with Crippen LogP contribution in [-0.4, -0.2) is 39.9 Å². The van der Waals surface area contributed by atoms with Crippen molar-refractivity contribution in [2.75, 3.05) is 27.2 Å². The summed E-state index contributed by atoms with van der Waals surface area (Å²) in [5.74, 6) is 0. The zero-order chi connectivity index (χ0) is 13.8. The molecule has 1 rings (SSSR count). The van der Waals surface area contributed by atoms with Crippen molar-refractivity contribution < 1.29 is 8.42 Å². The highest BCUT2D eigenvalue weighted by molar-refractivity contribution is 7.89. The van der Waals surface area contributed by atoms with Gasteiger partial charge in [0.25, 0.3) is 0 Å². The topological polar surface area (TPSA) is 49.4 Å². The maximum Gasteiger partial charge on any atom is 0.244 e. The summed E-state index contributed by atoms with van der Waals surface area (Å²) >= 11 is 6.00. The molecule has 1 N–H and O–H groups in total. The summed E-state index contributed by atoms with van der Waals surface area (Å²) in [5.41, 5.74) is 0.941. The molecule has 0 fully saturated rings. The monoisotopic (exact) mass is 290 g/mol. The fourth-order valence-corrected chi connectivity index (χ4v) is 3.36. The molecular formula is C12H19ClN2O2S. The van der Waals surface area contributed by atoms with Gasteiger partial charge in [-0.3, -0.25) is 0 Å². The van der Waals surface area contributed by atoms with E-state index in [0.717, 1.165) is 18.5 Å². The van der Waals surface area contributed by atoms with Crippen LogP contribution in [0.2, 0.25) is 5.02 Å². The maximum atomic E-state index is 12.3. The Kier molecular flexibility index (Phi) is 5.59. The van der Waals surface area contributed by atoms with Crippen molar-refractivity contribution >= 4 is 21.6 Å². The Bertz CT molecular complexity index is 503. The van der Waals surface area contributed by atoms with Crippen molar-refractivity contribution in [3.63, 3.8) is 0 Å². The first-order chi connectivity index (χ1) is 8.39. The third kappa shape index (κ3) is 3.68. The lowest BCUT2D eigenvalue weighted by Crippen LogP contribution is -2.29. The van der Waals surface area contributed by atoms with Crippen LogP contribution in [0.1, 0.15) is 12.0 Å². The van der Waals surface area contributed by atoms with E-state index in [0.29, 0.717) is 6.54 Å². The second-order valence-corrected chi connectivity index (χ2v) is 6.64. The number of hydrogen-bond donors (Lipinski definition) is 1. The van der Waals surface area contributed by atoms with Crippen molar-refractivity contribution in [2.24, 2.45) is 0 Å². The zero-order valence-electron chi connectivity index (χ0n) is 10.9. The van der Waals surface area contributed by atoms with Gasteiger partial charge in [-0.25, -0.2) is 12.7 Å². The van der Waals surface area contributed by atoms with E-state index < -0.39 is 10.0 Å². The number of nitrogens with zero attached hydrogens (tertiary/aromatic N) is 1. The molecule has 1 aromatic carbocycles. The van der Waals surface area contributed by atoms with Crippen LogP contribution in [-0.2, 0) is 10.0 Å². The summed E-state index contributed by atoms with van der Waals surface area (Å²) in [6, 6.07) is 4.97. The van der Waals surface area contributed by atoms with Crippen LogP contribution < -0.4 is 5.32 Å². The Morgan fingerprint density at radius 2 is 2.06 bits per heavy atom. The average molecular weight is 291 g/mol. The smallest absolute Gasteiger partial charge is 0.244 e. The molecule has 0 saturated carbocycles. The van der Waals surface area contributed by atoms with Crippen molar-refractivity contribution in [3.05, 3.63) is 28.8 Å². The molecule has 0 amide bonds. The molecule has 6 heteroatoms. The van der Waals surface area contributed by atoms with E-state index in [-0.39, 0.29) is 9.92 Å². The number of nitrogens with one attached hydrogen (secondary N) is 1. The van der Waals surface area contributed by atoms with Crippen molar-refractivity contribution in [2.45, 2.75) is 18.2 Å². The minimum absolute atomic E-state index is 0.168. The third-order valence-corrected chi connectivity index (χ3v) is 5.02. The van der Waals surface area contributed by atoms with Crippen LogP contribution in [0, 0.1) is 6.92 Å². The SMILES string of the molecule is CNCCCN(C)S(=O)(=O)c1ccc(C)cc1Cl. The quantitative estimate of drug-likeness (QED) is 0.814. The van der Waals surface area contributed by atoms with Gasteiger partial charge in [0.15, 0.2) is 0 Å². The zero-order valence-corrected chi connectivity index (χ0v) is 12.5. The molecule has 0 unspecified atom stereocenters. The van der Waals surface area contributed by atoms with E-state index >= 15 is 0 Å². The average Bonchev–Trinajstić information content (AvgIpc) is 2.28. The van der Waals surface area contributed by atoms with Crippen LogP contribution in [0.15, 0.2) is 23.1 Å². The summed E-state index contributed by atoms with van der Waals surface area (Å²) in [5, 5.41) is 3.26. The molecule has 0 heterocycles. The number of rotatable bonds is 6. The first-order valence-electron chi connectivity index (χ1n) is 5.76. The minimum Gasteiger partial charge on any atom is -0.320 e. The molecule has 4 nitrogen and oxygen atoms in total. The van der Waals surface area contributed by atoms with Crippen LogP contribution in [0.4, 0.5) is 0 Å². The van der Waals surface area contributed by atoms with Gasteiger partial charge in [-0.15, -0.1) is 0 Å². The van der Waals surface area contributed by atoms with Gasteiger partial charge in [0.05, 0.1) is 5.02 Å². The first-order valence-corrected chi connectivity index (χ1v) is 7.58. The highest BCUT2D eigenvalue weighted by atomic mass is 35.5. The Balaban J connectivity index is 2.91. The molecule has 0 aliphatic carbocycles. The fourth-order valence-electron chi connectivity index (χ4n) is 1.58. The molecule has 1 aromatic rings. The van der Waals surface area contributed by atoms with Gasteiger partial charge in [0, 0.05) is 13.6 Å². The summed E-state index contributed by atoms with van der Waals surface area (Å²) in [4.78, 5) is 0.168. The standard InChI is InChI=1S/C12H19ClN2O2S/c1-10-5-6-12(11(13)9-10)18(16,17)15(3)8-4-7-14-2/h5-6,9,14H,4,7-8H2,1-3H3. The Hall–Kier alpha value is -0.620. The lowest BCUT2D eigenvalue weighted by molar-refractivity contribution is 0.458. The van der Waals surface area contributed by atoms with E-state index in [4.69, 9.17) is 11.6 Å². The number of halogens is 1. The van der Waals surface area contributed by atoms with Crippen LogP contribution in [0.25, 0.3) is 0 Å². The number of sulfonamides is 1. The second kappa shape index (κ2) is 6.52. The molecule has 0 spiro atoms. The first kappa shape index (κ1) is 15.4. The fraction of sp³-hybridized carbons (Fsp3) is 0.500. The lowest BCUT2D eigenvalue weighted by Gasteiger charge is -2.18. The molecule has 0 atom stereocenters. The predicted molar refractivity (Wildman–Crippen MR) is 74.5 cm³/mol. The molecule has 0 aliphatic heterocycles. The van der Waals surface area contributed by atoms with Crippen LogP contribution in [0.3, 0.4) is 0 Å². The van der Waals surface area contributed by atoms with E-state index in [1.165, 1.54) is 4.31 Å². The Morgan fingerprint density at radius 3 is 2.61 bits per heavy atom. The van der Waals surface area contributed by atoms with Gasteiger partial charge in [-0.2, -0.15) is 0 Å². The van der Waals surface area contributed by atoms with Crippen LogP contribution in [0.5, 0.6) is 0 Å². The summed E-state index contributed by atoms with van der Waals surface area (Å²) in [7, 11) is -0.0840. The van der Waals surface area contributed by atoms with E-state index in [9.17, 15) is 8.42 Å². The Morgan fingerprint density at radius 1 is 1.39 bits per heavy atom. The number of benzene rings is 1. The number of aryl methyl sites for hydroxylation is 1. The molecule has 0 saturated heterocycles. The second-order valence-electron chi connectivity index (χ2n) is 4.22. The lowest BCUT2D eigenvalue weighted by atomic mass is 10.2. The third-order valence-electron chi connectivity index (χ3n) is 2.68. The normalized spacial score (nSPS) is 12.1. The summed E-state index contributed by atoms with van der Waals surface area (Å²) in [6.07, 6.45) is 0.760. The molecule has 0 radical (unpaired) electrons. The van der Waals surface area contributed by atoms with Gasteiger partial charge < -0.3 is 5.32 Å². The maximum absolute atomic E-state index is 12.3. The highest BCUT2D eigenvalue weighted by Crippen LogP contribution is 2.24. The molecule has 102 valence electrons. The van der Waals surface area contributed by atoms with Crippen molar-refractivity contribution in [1.29, 1.82) is 0 Å². The van der Waals surface area contributed by atoms with Crippen molar-refractivity contribution in [3.8, 4) is 0 Å². The minimum atomic E-state index is -3.49. The van der Waals surface area contributed by atoms with Crippen LogP contribution >= 0.6 is 11.6 Å². The van der Waals surface area contributed by atoms with Gasteiger partial charge in [-0.05, 0) is 44.6 Å². The molecular weight excluding hydrogens is 272 g/mol. The van der Waals surface area contributed by atoms with Gasteiger partial charge in [0.1, 0.15) is 4.90 Å². The summed E-state index contributed by atoms with van der Waals surface area (Å²) in [6.45, 7) is 3.12. The highest BCUT2D eigenvalue weighted by Gasteiger charge is 2.22. The van der Waals surface area contributed by atoms with E-state index in [2.05, 4.69) is 5.32 Å². The van der Waals surface area contributed by atoms with E-state index in [1.807, 2.05) is 14.0 Å². The van der Waals surface area contributed by atoms with Crippen molar-refractivity contribution in [1.82, 2.24) is 9.62 Å². The largest absolute Gasteiger partial charge is 0.320 e. The van der Waals surface area contributed by atoms with Gasteiger partial charge in [0.2, 0.25) is 10.0 Å². The number of hydrogen-bond acceptors (Lipinski definition) is 3. The summed E-state index contributed by atoms with van der Waals surface area (Å²) < 4.78 is 25.9. The van der Waals surface area contributed by atoms with E-state index in [1.54, 1.807) is 25.2 Å². The molecule has 18 heavy (non-hydrogen) atoms. The predicted octanol–water partition coefficient (Wildman–Crippen LogP) is 1.88.